The van der Waals surface area contributed by atoms with Gasteiger partial charge in [0.2, 0.25) is 0 Å². The minimum Gasteiger partial charge on any atom is -0.496 e. The number of carbonyl (C=O) groups excluding carboxylic acids is 1. The van der Waals surface area contributed by atoms with Crippen LogP contribution in [0.2, 0.25) is 0 Å². The molecule has 1 amide bonds. The molecular formula is C22H22N4O4. The Morgan fingerprint density at radius 2 is 1.80 bits per heavy atom. The van der Waals surface area contributed by atoms with Crippen molar-refractivity contribution in [3.8, 4) is 5.75 Å². The number of ether oxygens (including phenoxy) is 1. The number of anilines is 2. The van der Waals surface area contributed by atoms with Gasteiger partial charge in [-0.2, -0.15) is 0 Å². The Morgan fingerprint density at radius 3 is 2.50 bits per heavy atom. The summed E-state index contributed by atoms with van der Waals surface area (Å²) in [5.74, 6) is 0.0372. The maximum Gasteiger partial charge on any atom is 0.330 e. The summed E-state index contributed by atoms with van der Waals surface area (Å²) in [6.45, 7) is 0.161. The Hall–Kier alpha value is -4.07. The van der Waals surface area contributed by atoms with Crippen molar-refractivity contribution in [3.05, 3.63) is 92.6 Å². The molecule has 0 atom stereocenters. The molecule has 3 rings (SSSR count). The predicted molar refractivity (Wildman–Crippen MR) is 117 cm³/mol. The summed E-state index contributed by atoms with van der Waals surface area (Å²) in [6.07, 6.45) is 2.89. The van der Waals surface area contributed by atoms with Crippen molar-refractivity contribution < 1.29 is 9.53 Å². The van der Waals surface area contributed by atoms with Gasteiger partial charge in [-0.25, -0.2) is 4.79 Å². The van der Waals surface area contributed by atoms with E-state index in [0.29, 0.717) is 11.3 Å². The number of aromatic amines is 1. The lowest BCUT2D eigenvalue weighted by Crippen LogP contribution is -2.39. The van der Waals surface area contributed by atoms with Crippen molar-refractivity contribution in [1.29, 1.82) is 0 Å². The highest BCUT2D eigenvalue weighted by Crippen LogP contribution is 2.20. The van der Waals surface area contributed by atoms with Crippen LogP contribution in [-0.4, -0.2) is 29.6 Å². The van der Waals surface area contributed by atoms with Gasteiger partial charge >= 0.3 is 5.69 Å². The van der Waals surface area contributed by atoms with Gasteiger partial charge in [0.25, 0.3) is 11.5 Å². The molecular weight excluding hydrogens is 384 g/mol. The van der Waals surface area contributed by atoms with Gasteiger partial charge in [-0.1, -0.05) is 48.5 Å². The number of amides is 1. The Kier molecular flexibility index (Phi) is 6.17. The Bertz CT molecular complexity index is 1200. The molecule has 1 aromatic heterocycles. The van der Waals surface area contributed by atoms with Crippen LogP contribution in [0, 0.1) is 0 Å². The number of nitrogens with two attached hydrogens (primary N) is 1. The lowest BCUT2D eigenvalue weighted by atomic mass is 10.2. The molecule has 8 nitrogen and oxygen atoms in total. The third kappa shape index (κ3) is 4.33. The van der Waals surface area contributed by atoms with Crippen LogP contribution in [0.15, 0.2) is 70.3 Å². The first kappa shape index (κ1) is 20.7. The molecule has 0 fully saturated rings. The minimum absolute atomic E-state index is 0.0888. The van der Waals surface area contributed by atoms with Crippen LogP contribution in [0.3, 0.4) is 0 Å². The largest absolute Gasteiger partial charge is 0.496 e. The molecule has 3 N–H and O–H groups in total. The monoisotopic (exact) mass is 406 g/mol. The van der Waals surface area contributed by atoms with Crippen LogP contribution in [0.4, 0.5) is 11.5 Å². The van der Waals surface area contributed by atoms with Gasteiger partial charge in [0.1, 0.15) is 11.6 Å². The molecule has 0 aliphatic heterocycles. The predicted octanol–water partition coefficient (Wildman–Crippen LogP) is 1.85. The molecule has 30 heavy (non-hydrogen) atoms. The normalized spacial score (nSPS) is 10.9. The zero-order valence-corrected chi connectivity index (χ0v) is 16.7. The van der Waals surface area contributed by atoms with E-state index in [1.807, 2.05) is 42.5 Å². The van der Waals surface area contributed by atoms with E-state index in [2.05, 4.69) is 4.98 Å². The summed E-state index contributed by atoms with van der Waals surface area (Å²) in [5.41, 5.74) is 6.19. The van der Waals surface area contributed by atoms with E-state index in [-0.39, 0.29) is 18.1 Å². The van der Waals surface area contributed by atoms with E-state index in [9.17, 15) is 14.4 Å². The third-order valence-corrected chi connectivity index (χ3v) is 4.61. The number of H-pyrrole nitrogens is 1. The number of para-hydroxylation sites is 1. The molecule has 1 heterocycles. The number of methoxy groups -OCH3 is 1. The maximum absolute atomic E-state index is 12.7. The molecule has 0 bridgehead atoms. The van der Waals surface area contributed by atoms with Gasteiger partial charge in [-0.15, -0.1) is 0 Å². The average molecular weight is 406 g/mol. The van der Waals surface area contributed by atoms with Crippen LogP contribution in [-0.2, 0) is 11.3 Å². The quantitative estimate of drug-likeness (QED) is 0.607. The van der Waals surface area contributed by atoms with Gasteiger partial charge in [-0.05, 0) is 17.7 Å². The number of hydrogen-bond donors (Lipinski definition) is 2. The molecule has 0 aliphatic carbocycles. The lowest BCUT2D eigenvalue weighted by molar-refractivity contribution is -0.113. The Morgan fingerprint density at radius 1 is 1.13 bits per heavy atom. The van der Waals surface area contributed by atoms with Crippen molar-refractivity contribution in [3.63, 3.8) is 0 Å². The lowest BCUT2D eigenvalue weighted by Gasteiger charge is -2.19. The van der Waals surface area contributed by atoms with E-state index in [0.717, 1.165) is 10.5 Å². The summed E-state index contributed by atoms with van der Waals surface area (Å²) < 4.78 is 6.48. The molecule has 0 aliphatic rings. The molecule has 3 aromatic rings. The number of hydrogen-bond acceptors (Lipinski definition) is 5. The molecule has 2 aromatic carbocycles. The molecule has 0 saturated carbocycles. The van der Waals surface area contributed by atoms with Crippen LogP contribution in [0.5, 0.6) is 5.75 Å². The Labute approximate surface area is 172 Å². The fourth-order valence-corrected chi connectivity index (χ4v) is 3.01. The highest BCUT2D eigenvalue weighted by atomic mass is 16.5. The van der Waals surface area contributed by atoms with Gasteiger partial charge in [-0.3, -0.25) is 19.1 Å². The summed E-state index contributed by atoms with van der Waals surface area (Å²) in [7, 11) is 2.96. The second-order valence-electron chi connectivity index (χ2n) is 6.54. The Balaban J connectivity index is 1.93. The smallest absolute Gasteiger partial charge is 0.330 e. The fourth-order valence-electron chi connectivity index (χ4n) is 3.01. The zero-order chi connectivity index (χ0) is 21.7. The minimum atomic E-state index is -0.733. The fraction of sp³-hybridized carbons (Fsp3) is 0.136. The number of rotatable bonds is 6. The van der Waals surface area contributed by atoms with Crippen LogP contribution >= 0.6 is 0 Å². The average Bonchev–Trinajstić information content (AvgIpc) is 2.75. The number of benzene rings is 2. The summed E-state index contributed by atoms with van der Waals surface area (Å²) in [6, 6.07) is 16.4. The van der Waals surface area contributed by atoms with Crippen molar-refractivity contribution >= 4 is 23.5 Å². The third-order valence-electron chi connectivity index (χ3n) is 4.61. The van der Waals surface area contributed by atoms with E-state index < -0.39 is 17.2 Å². The van der Waals surface area contributed by atoms with Gasteiger partial charge in [0.15, 0.2) is 5.69 Å². The zero-order valence-electron chi connectivity index (χ0n) is 16.7. The first-order chi connectivity index (χ1) is 14.4. The van der Waals surface area contributed by atoms with Crippen molar-refractivity contribution in [2.24, 2.45) is 0 Å². The molecule has 8 heteroatoms. The van der Waals surface area contributed by atoms with E-state index in [1.54, 1.807) is 18.2 Å². The SMILES string of the molecule is COc1ccccc1/C=C/C(=O)N(C)c1c(N)n(Cc2ccccc2)c(=O)[nH]c1=O. The molecule has 0 unspecified atom stereocenters. The van der Waals surface area contributed by atoms with Crippen molar-refractivity contribution in [2.75, 3.05) is 24.8 Å². The topological polar surface area (TPSA) is 110 Å². The highest BCUT2D eigenvalue weighted by Gasteiger charge is 2.19. The van der Waals surface area contributed by atoms with Crippen molar-refractivity contribution in [1.82, 2.24) is 9.55 Å². The van der Waals surface area contributed by atoms with E-state index in [4.69, 9.17) is 10.5 Å². The van der Waals surface area contributed by atoms with Gasteiger partial charge < -0.3 is 15.4 Å². The highest BCUT2D eigenvalue weighted by molar-refractivity contribution is 6.04. The molecule has 0 saturated heterocycles. The van der Waals surface area contributed by atoms with Crippen LogP contribution in [0.1, 0.15) is 11.1 Å². The standard InChI is InChI=1S/C22H22N4O4/c1-25(18(27)13-12-16-10-6-7-11-17(16)30-2)19-20(23)26(22(29)24-21(19)28)14-15-8-4-3-5-9-15/h3-13H,14,23H2,1-2H3,(H,24,28,29)/b13-12+. The van der Waals surface area contributed by atoms with E-state index >= 15 is 0 Å². The summed E-state index contributed by atoms with van der Waals surface area (Å²) >= 11 is 0. The van der Waals surface area contributed by atoms with Crippen LogP contribution in [0.25, 0.3) is 6.08 Å². The first-order valence-electron chi connectivity index (χ1n) is 9.17. The molecule has 0 spiro atoms. The summed E-state index contributed by atoms with van der Waals surface area (Å²) in [5, 5.41) is 0. The van der Waals surface area contributed by atoms with Gasteiger partial charge in [0, 0.05) is 18.7 Å². The number of carbonyl (C=O) groups is 1. The first-order valence-corrected chi connectivity index (χ1v) is 9.17. The molecule has 0 radical (unpaired) electrons. The second-order valence-corrected chi connectivity index (χ2v) is 6.54. The van der Waals surface area contributed by atoms with Crippen molar-refractivity contribution in [2.45, 2.75) is 6.54 Å². The number of nitrogens with one attached hydrogen (secondary N) is 1. The van der Waals surface area contributed by atoms with E-state index in [1.165, 1.54) is 24.8 Å². The number of nitrogens with zero attached hydrogens (tertiary/aromatic N) is 2. The number of nitrogen functional groups attached to an aromatic ring is 1. The van der Waals surface area contributed by atoms with Gasteiger partial charge in [0.05, 0.1) is 13.7 Å². The second kappa shape index (κ2) is 8.95. The summed E-state index contributed by atoms with van der Waals surface area (Å²) in [4.78, 5) is 40.7. The number of likely N-dealkylation sites (N-methyl/N-ethyl adjacent to an activating group) is 1. The van der Waals surface area contributed by atoms with Crippen LogP contribution < -0.4 is 26.6 Å². The number of aromatic nitrogens is 2. The molecule has 154 valence electrons. The maximum atomic E-state index is 12.7.